The maximum atomic E-state index is 5.85. The van der Waals surface area contributed by atoms with E-state index in [1.807, 2.05) is 0 Å². The summed E-state index contributed by atoms with van der Waals surface area (Å²) in [7, 11) is 2.18. The molecule has 15 heavy (non-hydrogen) atoms. The van der Waals surface area contributed by atoms with Crippen molar-refractivity contribution in [2.24, 2.45) is 11.7 Å². The first kappa shape index (κ1) is 11.0. The predicted octanol–water partition coefficient (Wildman–Crippen LogP) is 1.79. The first-order valence-corrected chi connectivity index (χ1v) is 6.42. The van der Waals surface area contributed by atoms with E-state index in [1.165, 1.54) is 24.4 Å². The van der Waals surface area contributed by atoms with Crippen molar-refractivity contribution < 1.29 is 0 Å². The Balaban J connectivity index is 2.22. The minimum atomic E-state index is 0.447. The molecule has 2 heterocycles. The van der Waals surface area contributed by atoms with Gasteiger partial charge in [0.05, 0.1) is 6.04 Å². The number of aromatic nitrogens is 1. The van der Waals surface area contributed by atoms with Gasteiger partial charge in [-0.3, -0.25) is 4.90 Å². The Morgan fingerprint density at radius 3 is 3.07 bits per heavy atom. The summed E-state index contributed by atoms with van der Waals surface area (Å²) in [6, 6.07) is 0.447. The van der Waals surface area contributed by atoms with E-state index in [0.717, 1.165) is 12.2 Å². The summed E-state index contributed by atoms with van der Waals surface area (Å²) in [5.41, 5.74) is 6.98. The van der Waals surface area contributed by atoms with Gasteiger partial charge in [0.15, 0.2) is 0 Å². The summed E-state index contributed by atoms with van der Waals surface area (Å²) in [6.45, 7) is 3.99. The number of thiazole rings is 1. The zero-order chi connectivity index (χ0) is 10.8. The molecule has 2 atom stereocenters. The van der Waals surface area contributed by atoms with Crippen molar-refractivity contribution in [3.63, 3.8) is 0 Å². The normalized spacial score (nSPS) is 28.2. The fourth-order valence-corrected chi connectivity index (χ4v) is 3.46. The number of piperidine rings is 1. The lowest BCUT2D eigenvalue weighted by atomic mass is 9.90. The third-order valence-corrected chi connectivity index (χ3v) is 4.23. The Hall–Kier alpha value is -0.450. The number of nitrogens with two attached hydrogens (primary N) is 1. The van der Waals surface area contributed by atoms with E-state index in [9.17, 15) is 0 Å². The van der Waals surface area contributed by atoms with Gasteiger partial charge in [0.25, 0.3) is 0 Å². The second-order valence-electron chi connectivity index (χ2n) is 4.39. The first-order valence-electron chi connectivity index (χ1n) is 5.54. The summed E-state index contributed by atoms with van der Waals surface area (Å²) in [5, 5.41) is 3.37. The molecule has 1 aliphatic rings. The Labute approximate surface area is 95.3 Å². The van der Waals surface area contributed by atoms with Gasteiger partial charge in [-0.15, -0.1) is 11.3 Å². The lowest BCUT2D eigenvalue weighted by Crippen LogP contribution is -2.39. The Kier molecular flexibility index (Phi) is 3.38. The van der Waals surface area contributed by atoms with Crippen LogP contribution in [-0.4, -0.2) is 30.0 Å². The van der Waals surface area contributed by atoms with Crippen LogP contribution in [0.5, 0.6) is 0 Å². The molecule has 84 valence electrons. The van der Waals surface area contributed by atoms with Crippen LogP contribution in [0.4, 0.5) is 0 Å². The van der Waals surface area contributed by atoms with Crippen LogP contribution in [0.25, 0.3) is 0 Å². The summed E-state index contributed by atoms with van der Waals surface area (Å²) in [4.78, 5) is 7.01. The number of hydrogen-bond acceptors (Lipinski definition) is 4. The Morgan fingerprint density at radius 2 is 2.47 bits per heavy atom. The van der Waals surface area contributed by atoms with E-state index in [2.05, 4.69) is 29.2 Å². The van der Waals surface area contributed by atoms with E-state index in [4.69, 9.17) is 5.73 Å². The van der Waals surface area contributed by atoms with E-state index in [0.29, 0.717) is 12.0 Å². The van der Waals surface area contributed by atoms with Gasteiger partial charge in [-0.05, 0) is 45.8 Å². The average Bonchev–Trinajstić information content (AvgIpc) is 2.64. The van der Waals surface area contributed by atoms with Gasteiger partial charge in [-0.25, -0.2) is 4.98 Å². The molecule has 0 aliphatic carbocycles. The third-order valence-electron chi connectivity index (χ3n) is 3.20. The number of likely N-dealkylation sites (tertiary alicyclic amines) is 1. The van der Waals surface area contributed by atoms with E-state index < -0.39 is 0 Å². The lowest BCUT2D eigenvalue weighted by Gasteiger charge is -2.37. The van der Waals surface area contributed by atoms with Gasteiger partial charge in [-0.1, -0.05) is 0 Å². The van der Waals surface area contributed by atoms with Gasteiger partial charge in [0.2, 0.25) is 0 Å². The minimum absolute atomic E-state index is 0.447. The molecule has 1 fully saturated rings. The molecule has 0 bridgehead atoms. The van der Waals surface area contributed by atoms with Crippen LogP contribution in [0.1, 0.15) is 29.6 Å². The third kappa shape index (κ3) is 2.22. The quantitative estimate of drug-likeness (QED) is 0.834. The smallest absolute Gasteiger partial charge is 0.110 e. The second-order valence-corrected chi connectivity index (χ2v) is 5.28. The molecule has 2 rings (SSSR count). The molecule has 1 aliphatic heterocycles. The fourth-order valence-electron chi connectivity index (χ4n) is 2.40. The van der Waals surface area contributed by atoms with Crippen molar-refractivity contribution in [1.29, 1.82) is 0 Å². The van der Waals surface area contributed by atoms with Crippen LogP contribution in [0.2, 0.25) is 0 Å². The molecule has 1 aromatic heterocycles. The largest absolute Gasteiger partial charge is 0.330 e. The van der Waals surface area contributed by atoms with Crippen LogP contribution < -0.4 is 5.73 Å². The van der Waals surface area contributed by atoms with Gasteiger partial charge in [0.1, 0.15) is 5.01 Å². The van der Waals surface area contributed by atoms with Crippen molar-refractivity contribution in [3.05, 3.63) is 16.1 Å². The SMILES string of the molecule is Cc1csc(C2C(CN)CCCN2C)n1. The average molecular weight is 225 g/mol. The van der Waals surface area contributed by atoms with Crippen molar-refractivity contribution in [1.82, 2.24) is 9.88 Å². The van der Waals surface area contributed by atoms with Crippen molar-refractivity contribution in [3.8, 4) is 0 Å². The molecule has 0 spiro atoms. The topological polar surface area (TPSA) is 42.1 Å². The summed E-state index contributed by atoms with van der Waals surface area (Å²) >= 11 is 1.77. The van der Waals surface area contributed by atoms with Crippen LogP contribution in [-0.2, 0) is 0 Å². The van der Waals surface area contributed by atoms with E-state index in [-0.39, 0.29) is 0 Å². The van der Waals surface area contributed by atoms with Crippen molar-refractivity contribution in [2.75, 3.05) is 20.1 Å². The zero-order valence-electron chi connectivity index (χ0n) is 9.44. The highest BCUT2D eigenvalue weighted by atomic mass is 32.1. The highest BCUT2D eigenvalue weighted by molar-refractivity contribution is 7.09. The molecule has 0 amide bonds. The maximum absolute atomic E-state index is 5.85. The molecule has 4 heteroatoms. The van der Waals surface area contributed by atoms with Crippen molar-refractivity contribution >= 4 is 11.3 Å². The molecule has 0 saturated carbocycles. The molecule has 2 unspecified atom stereocenters. The van der Waals surface area contributed by atoms with Crippen LogP contribution >= 0.6 is 11.3 Å². The molecule has 3 nitrogen and oxygen atoms in total. The first-order chi connectivity index (χ1) is 7.22. The fraction of sp³-hybridized carbons (Fsp3) is 0.727. The molecule has 1 aromatic rings. The molecule has 0 aromatic carbocycles. The molecular weight excluding hydrogens is 206 g/mol. The van der Waals surface area contributed by atoms with Crippen molar-refractivity contribution in [2.45, 2.75) is 25.8 Å². The van der Waals surface area contributed by atoms with Crippen LogP contribution in [0, 0.1) is 12.8 Å². The number of rotatable bonds is 2. The van der Waals surface area contributed by atoms with Gasteiger partial charge < -0.3 is 5.73 Å². The predicted molar refractivity (Wildman–Crippen MR) is 64.0 cm³/mol. The van der Waals surface area contributed by atoms with Gasteiger partial charge in [0, 0.05) is 11.1 Å². The minimum Gasteiger partial charge on any atom is -0.330 e. The number of nitrogens with zero attached hydrogens (tertiary/aromatic N) is 2. The van der Waals surface area contributed by atoms with E-state index >= 15 is 0 Å². The Morgan fingerprint density at radius 1 is 1.67 bits per heavy atom. The lowest BCUT2D eigenvalue weighted by molar-refractivity contribution is 0.125. The van der Waals surface area contributed by atoms with Gasteiger partial charge in [-0.2, -0.15) is 0 Å². The highest BCUT2D eigenvalue weighted by Gasteiger charge is 2.31. The van der Waals surface area contributed by atoms with E-state index in [1.54, 1.807) is 11.3 Å². The molecular formula is C11H19N3S. The molecule has 0 radical (unpaired) electrons. The maximum Gasteiger partial charge on any atom is 0.110 e. The number of aryl methyl sites for hydroxylation is 1. The standard InChI is InChI=1S/C11H19N3S/c1-8-7-15-11(13-8)10-9(6-12)4-3-5-14(10)2/h7,9-10H,3-6,12H2,1-2H3. The molecule has 2 N–H and O–H groups in total. The van der Waals surface area contributed by atoms with Crippen LogP contribution in [0.3, 0.4) is 0 Å². The summed E-state index contributed by atoms with van der Waals surface area (Å²) in [5.74, 6) is 0.578. The monoisotopic (exact) mass is 225 g/mol. The second kappa shape index (κ2) is 4.60. The van der Waals surface area contributed by atoms with Gasteiger partial charge >= 0.3 is 0 Å². The number of hydrogen-bond donors (Lipinski definition) is 1. The van der Waals surface area contributed by atoms with Crippen LogP contribution in [0.15, 0.2) is 5.38 Å². The summed E-state index contributed by atoms with van der Waals surface area (Å²) < 4.78 is 0. The summed E-state index contributed by atoms with van der Waals surface area (Å²) in [6.07, 6.45) is 2.50. The highest BCUT2D eigenvalue weighted by Crippen LogP contribution is 2.35. The zero-order valence-corrected chi connectivity index (χ0v) is 10.3. The Bertz CT molecular complexity index is 323. The molecule has 1 saturated heterocycles.